The molecule has 9 heteroatoms. The number of likely N-dealkylation sites (tertiary alicyclic amines) is 1. The highest BCUT2D eigenvalue weighted by molar-refractivity contribution is 7.86. The van der Waals surface area contributed by atoms with Crippen LogP contribution in [0.2, 0.25) is 0 Å². The second kappa shape index (κ2) is 11.7. The van der Waals surface area contributed by atoms with Gasteiger partial charge >= 0.3 is 10.1 Å². The average Bonchev–Trinajstić information content (AvgIpc) is 2.85. The monoisotopic (exact) mass is 526 g/mol. The summed E-state index contributed by atoms with van der Waals surface area (Å²) in [7, 11) is -3.66. The molecule has 37 heavy (non-hydrogen) atoms. The van der Waals surface area contributed by atoms with E-state index >= 15 is 0 Å². The highest BCUT2D eigenvalue weighted by Gasteiger charge is 2.22. The van der Waals surface area contributed by atoms with Gasteiger partial charge in [0.05, 0.1) is 12.9 Å². The van der Waals surface area contributed by atoms with E-state index in [1.807, 2.05) is 19.1 Å². The number of halogens is 1. The first kappa shape index (κ1) is 26.6. The van der Waals surface area contributed by atoms with Gasteiger partial charge in [-0.2, -0.15) is 8.42 Å². The maximum atomic E-state index is 13.3. The van der Waals surface area contributed by atoms with Crippen LogP contribution < -0.4 is 14.2 Å². The van der Waals surface area contributed by atoms with Crippen molar-refractivity contribution in [2.24, 2.45) is 0 Å². The van der Waals surface area contributed by atoms with E-state index in [0.717, 1.165) is 61.2 Å². The SMILES string of the molecule is CCOc1cc(CN2CCC(NC(=O)c3cccc(OS(C)(=O)=O)c3)CC2)ccc1-c1ccc(F)cc1. The number of amides is 1. The largest absolute Gasteiger partial charge is 0.493 e. The van der Waals surface area contributed by atoms with Crippen LogP contribution in [0.3, 0.4) is 0 Å². The van der Waals surface area contributed by atoms with Gasteiger partial charge < -0.3 is 14.2 Å². The van der Waals surface area contributed by atoms with E-state index in [1.165, 1.54) is 24.3 Å². The van der Waals surface area contributed by atoms with Crippen LogP contribution in [0.25, 0.3) is 11.1 Å². The topological polar surface area (TPSA) is 84.9 Å². The summed E-state index contributed by atoms with van der Waals surface area (Å²) in [5, 5.41) is 3.05. The zero-order valence-electron chi connectivity index (χ0n) is 20.9. The van der Waals surface area contributed by atoms with Crippen LogP contribution in [-0.4, -0.2) is 51.2 Å². The second-order valence-corrected chi connectivity index (χ2v) is 10.7. The summed E-state index contributed by atoms with van der Waals surface area (Å²) >= 11 is 0. The summed E-state index contributed by atoms with van der Waals surface area (Å²) in [6, 6.07) is 18.7. The molecule has 0 aliphatic carbocycles. The lowest BCUT2D eigenvalue weighted by Gasteiger charge is -2.32. The number of rotatable bonds is 9. The molecule has 0 aromatic heterocycles. The number of carbonyl (C=O) groups excluding carboxylic acids is 1. The summed E-state index contributed by atoms with van der Waals surface area (Å²) < 4.78 is 46.8. The fraction of sp³-hybridized carbons (Fsp3) is 0.321. The molecular formula is C28H31FN2O5S. The third kappa shape index (κ3) is 7.53. The predicted octanol–water partition coefficient (Wildman–Crippen LogP) is 4.62. The number of hydrogen-bond donors (Lipinski definition) is 1. The lowest BCUT2D eigenvalue weighted by Crippen LogP contribution is -2.44. The van der Waals surface area contributed by atoms with Crippen LogP contribution >= 0.6 is 0 Å². The van der Waals surface area contributed by atoms with Gasteiger partial charge in [0.25, 0.3) is 5.91 Å². The first-order valence-electron chi connectivity index (χ1n) is 12.2. The molecule has 1 amide bonds. The van der Waals surface area contributed by atoms with Crippen LogP contribution in [0.5, 0.6) is 11.5 Å². The highest BCUT2D eigenvalue weighted by Crippen LogP contribution is 2.32. The van der Waals surface area contributed by atoms with Crippen LogP contribution in [-0.2, 0) is 16.7 Å². The van der Waals surface area contributed by atoms with Crippen molar-refractivity contribution in [3.8, 4) is 22.6 Å². The molecule has 1 saturated heterocycles. The van der Waals surface area contributed by atoms with Crippen molar-refractivity contribution in [2.45, 2.75) is 32.4 Å². The molecule has 196 valence electrons. The molecule has 0 atom stereocenters. The quantitative estimate of drug-likeness (QED) is 0.410. The zero-order chi connectivity index (χ0) is 26.4. The normalized spacial score (nSPS) is 14.8. The van der Waals surface area contributed by atoms with Crippen LogP contribution in [0.4, 0.5) is 4.39 Å². The van der Waals surface area contributed by atoms with Gasteiger partial charge in [0, 0.05) is 36.8 Å². The van der Waals surface area contributed by atoms with Gasteiger partial charge in [0.15, 0.2) is 0 Å². The number of carbonyl (C=O) groups is 1. The maximum Gasteiger partial charge on any atom is 0.306 e. The number of nitrogens with one attached hydrogen (secondary N) is 1. The van der Waals surface area contributed by atoms with Crippen molar-refractivity contribution in [3.63, 3.8) is 0 Å². The molecule has 3 aromatic rings. The van der Waals surface area contributed by atoms with Gasteiger partial charge in [0.2, 0.25) is 0 Å². The minimum absolute atomic E-state index is 0.0306. The smallest absolute Gasteiger partial charge is 0.306 e. The predicted molar refractivity (Wildman–Crippen MR) is 141 cm³/mol. The van der Waals surface area contributed by atoms with Crippen molar-refractivity contribution < 1.29 is 26.5 Å². The third-order valence-electron chi connectivity index (χ3n) is 6.17. The molecule has 3 aromatic carbocycles. The highest BCUT2D eigenvalue weighted by atomic mass is 32.2. The lowest BCUT2D eigenvalue weighted by atomic mass is 10.0. The summed E-state index contributed by atoms with van der Waals surface area (Å²) in [6.07, 6.45) is 2.57. The maximum absolute atomic E-state index is 13.3. The number of nitrogens with zero attached hydrogens (tertiary/aromatic N) is 1. The molecule has 1 aliphatic rings. The minimum Gasteiger partial charge on any atom is -0.493 e. The zero-order valence-corrected chi connectivity index (χ0v) is 21.8. The van der Waals surface area contributed by atoms with Gasteiger partial charge in [-0.05, 0) is 67.3 Å². The molecule has 1 aliphatic heterocycles. The Morgan fingerprint density at radius 3 is 2.46 bits per heavy atom. The fourth-order valence-electron chi connectivity index (χ4n) is 4.43. The number of hydrogen-bond acceptors (Lipinski definition) is 6. The van der Waals surface area contributed by atoms with Gasteiger partial charge in [-0.15, -0.1) is 0 Å². The van der Waals surface area contributed by atoms with Crippen molar-refractivity contribution in [3.05, 3.63) is 83.7 Å². The molecule has 7 nitrogen and oxygen atoms in total. The summed E-state index contributed by atoms with van der Waals surface area (Å²) in [5.41, 5.74) is 3.31. The molecule has 0 unspecified atom stereocenters. The van der Waals surface area contributed by atoms with Crippen LogP contribution in [0.1, 0.15) is 35.7 Å². The molecular weight excluding hydrogens is 495 g/mol. The van der Waals surface area contributed by atoms with E-state index in [2.05, 4.69) is 16.3 Å². The van der Waals surface area contributed by atoms with E-state index in [0.29, 0.717) is 12.2 Å². The van der Waals surface area contributed by atoms with Gasteiger partial charge in [-0.25, -0.2) is 4.39 Å². The Bertz CT molecular complexity index is 1340. The van der Waals surface area contributed by atoms with E-state index in [4.69, 9.17) is 8.92 Å². The van der Waals surface area contributed by atoms with Crippen molar-refractivity contribution in [2.75, 3.05) is 26.0 Å². The number of ether oxygens (including phenoxy) is 1. The molecule has 1 heterocycles. The molecule has 1 N–H and O–H groups in total. The minimum atomic E-state index is -3.66. The third-order valence-corrected chi connectivity index (χ3v) is 6.67. The number of benzene rings is 3. The van der Waals surface area contributed by atoms with Gasteiger partial charge in [-0.1, -0.05) is 30.3 Å². The first-order chi connectivity index (χ1) is 17.7. The van der Waals surface area contributed by atoms with Crippen molar-refractivity contribution in [1.29, 1.82) is 0 Å². The summed E-state index contributed by atoms with van der Waals surface area (Å²) in [5.74, 6) is 0.361. The summed E-state index contributed by atoms with van der Waals surface area (Å²) in [4.78, 5) is 15.0. The molecule has 0 radical (unpaired) electrons. The Kier molecular flexibility index (Phi) is 8.45. The first-order valence-corrected chi connectivity index (χ1v) is 14.1. The molecule has 0 spiro atoms. The van der Waals surface area contributed by atoms with Crippen molar-refractivity contribution >= 4 is 16.0 Å². The molecule has 0 bridgehead atoms. The van der Waals surface area contributed by atoms with E-state index in [9.17, 15) is 17.6 Å². The standard InChI is InChI=1S/C28H31FN2O5S/c1-3-35-27-17-20(7-12-26(27)21-8-10-23(29)11-9-21)19-31-15-13-24(14-16-31)30-28(32)22-5-4-6-25(18-22)36-37(2,33)34/h4-12,17-18,24H,3,13-16,19H2,1-2H3,(H,30,32). The lowest BCUT2D eigenvalue weighted by molar-refractivity contribution is 0.0908. The Hall–Kier alpha value is -3.43. The van der Waals surface area contributed by atoms with E-state index in [1.54, 1.807) is 24.3 Å². The van der Waals surface area contributed by atoms with Gasteiger partial charge in [-0.3, -0.25) is 9.69 Å². The Morgan fingerprint density at radius 2 is 1.78 bits per heavy atom. The van der Waals surface area contributed by atoms with Crippen LogP contribution in [0, 0.1) is 5.82 Å². The molecule has 1 fully saturated rings. The molecule has 0 saturated carbocycles. The Labute approximate surface area is 217 Å². The van der Waals surface area contributed by atoms with Crippen molar-refractivity contribution in [1.82, 2.24) is 10.2 Å². The molecule has 4 rings (SSSR count). The van der Waals surface area contributed by atoms with Crippen LogP contribution in [0.15, 0.2) is 66.7 Å². The fourth-order valence-corrected chi connectivity index (χ4v) is 4.89. The van der Waals surface area contributed by atoms with E-state index < -0.39 is 10.1 Å². The van der Waals surface area contributed by atoms with E-state index in [-0.39, 0.29) is 23.5 Å². The average molecular weight is 527 g/mol. The summed E-state index contributed by atoms with van der Waals surface area (Å²) in [6.45, 7) is 4.88. The van der Waals surface area contributed by atoms with Gasteiger partial charge in [0.1, 0.15) is 17.3 Å². The second-order valence-electron chi connectivity index (χ2n) is 9.11. The Balaban J connectivity index is 1.33. The Morgan fingerprint density at radius 1 is 1.05 bits per heavy atom. The number of piperidine rings is 1.